The molecule has 3 heterocycles. The first-order valence-electron chi connectivity index (χ1n) is 7.40. The molecule has 22 heavy (non-hydrogen) atoms. The largest absolute Gasteiger partial charge is 0.365 e. The summed E-state index contributed by atoms with van der Waals surface area (Å²) in [6.45, 7) is 7.50. The van der Waals surface area contributed by atoms with Crippen LogP contribution in [0.3, 0.4) is 0 Å². The number of aliphatic hydroxyl groups excluding tert-OH is 1. The van der Waals surface area contributed by atoms with Gasteiger partial charge in [-0.15, -0.1) is 0 Å². The van der Waals surface area contributed by atoms with Crippen molar-refractivity contribution in [2.75, 3.05) is 6.61 Å². The third-order valence-electron chi connectivity index (χ3n) is 3.85. The molecule has 3 aliphatic heterocycles. The molecule has 7 heteroatoms. The molecule has 0 aliphatic carbocycles. The second-order valence-corrected chi connectivity index (χ2v) is 6.64. The van der Waals surface area contributed by atoms with Crippen LogP contribution in [0.4, 0.5) is 0 Å². The van der Waals surface area contributed by atoms with Crippen LogP contribution in [0.15, 0.2) is 12.2 Å². The smallest absolute Gasteiger partial charge is 0.187 e. The van der Waals surface area contributed by atoms with Crippen LogP contribution in [0.25, 0.3) is 0 Å². The van der Waals surface area contributed by atoms with Crippen LogP contribution >= 0.6 is 0 Å². The lowest BCUT2D eigenvalue weighted by atomic mass is 9.99. The van der Waals surface area contributed by atoms with Crippen molar-refractivity contribution in [1.29, 1.82) is 0 Å². The van der Waals surface area contributed by atoms with Gasteiger partial charge in [0.05, 0.1) is 6.61 Å². The van der Waals surface area contributed by atoms with Gasteiger partial charge in [0.2, 0.25) is 0 Å². The lowest BCUT2D eigenvalue weighted by Gasteiger charge is -2.30. The fourth-order valence-electron chi connectivity index (χ4n) is 2.99. The fraction of sp³-hybridized carbons (Fsp3) is 0.800. The van der Waals surface area contributed by atoms with E-state index in [0.29, 0.717) is 6.61 Å². The zero-order valence-corrected chi connectivity index (χ0v) is 13.1. The molecule has 0 aromatic carbocycles. The number of ether oxygens (including phenoxy) is 5. The van der Waals surface area contributed by atoms with Crippen LogP contribution in [0, 0.1) is 0 Å². The van der Waals surface area contributed by atoms with E-state index in [1.54, 1.807) is 13.8 Å². The van der Waals surface area contributed by atoms with E-state index < -0.39 is 36.2 Å². The monoisotopic (exact) mass is 314 g/mol. The van der Waals surface area contributed by atoms with Crippen molar-refractivity contribution in [3.05, 3.63) is 12.2 Å². The first-order chi connectivity index (χ1) is 10.2. The fourth-order valence-corrected chi connectivity index (χ4v) is 2.99. The van der Waals surface area contributed by atoms with Gasteiger partial charge in [0.15, 0.2) is 29.8 Å². The molecule has 0 bridgehead atoms. The number of carbonyl (C=O) groups excluding carboxylic acids is 1. The van der Waals surface area contributed by atoms with Crippen LogP contribution < -0.4 is 0 Å². The zero-order valence-electron chi connectivity index (χ0n) is 13.1. The molecule has 124 valence electrons. The van der Waals surface area contributed by atoms with Gasteiger partial charge >= 0.3 is 0 Å². The summed E-state index contributed by atoms with van der Waals surface area (Å²) in [7, 11) is 0. The quantitative estimate of drug-likeness (QED) is 0.794. The number of hydrogen-bond donors (Lipinski definition) is 1. The Morgan fingerprint density at radius 3 is 2.41 bits per heavy atom. The van der Waals surface area contributed by atoms with Crippen LogP contribution in [0.2, 0.25) is 0 Å². The van der Waals surface area contributed by atoms with E-state index in [1.165, 1.54) is 12.2 Å². The van der Waals surface area contributed by atoms with Gasteiger partial charge in [-0.3, -0.25) is 4.79 Å². The number of rotatable bonds is 2. The number of hydrogen-bond acceptors (Lipinski definition) is 7. The molecule has 0 aromatic heterocycles. The minimum Gasteiger partial charge on any atom is -0.365 e. The molecule has 0 amide bonds. The SMILES string of the molecule is CC1(C)O[C@@H]([C@H]2O[C@@H](O)C=CC2=O)[C@@H]([C@@H]2COC(C)(C)O2)O1. The molecule has 3 aliphatic rings. The van der Waals surface area contributed by atoms with Crippen LogP contribution in [0.5, 0.6) is 0 Å². The molecular formula is C15H22O7. The number of carbonyl (C=O) groups is 1. The molecule has 0 radical (unpaired) electrons. The van der Waals surface area contributed by atoms with Gasteiger partial charge in [-0.2, -0.15) is 0 Å². The standard InChI is InChI=1S/C15H22O7/c1-14(2)18-7-9(20-14)12-13(22-15(3,4)21-12)11-8(16)5-6-10(17)19-11/h5-6,9-13,17H,7H2,1-4H3/t9-,10+,11-,12+,13-/m0/s1. The predicted molar refractivity (Wildman–Crippen MR) is 73.8 cm³/mol. The Balaban J connectivity index is 1.81. The van der Waals surface area contributed by atoms with Gasteiger partial charge in [0.1, 0.15) is 18.3 Å². The van der Waals surface area contributed by atoms with E-state index in [-0.39, 0.29) is 11.9 Å². The van der Waals surface area contributed by atoms with Crippen LogP contribution in [0.1, 0.15) is 27.7 Å². The maximum absolute atomic E-state index is 12.1. The van der Waals surface area contributed by atoms with E-state index >= 15 is 0 Å². The molecular weight excluding hydrogens is 292 g/mol. The summed E-state index contributed by atoms with van der Waals surface area (Å²) in [5, 5.41) is 9.61. The Labute approximate surface area is 129 Å². The van der Waals surface area contributed by atoms with Crippen LogP contribution in [-0.4, -0.2) is 59.8 Å². The lowest BCUT2D eigenvalue weighted by Crippen LogP contribution is -2.50. The summed E-state index contributed by atoms with van der Waals surface area (Å²) < 4.78 is 28.5. The van der Waals surface area contributed by atoms with Crippen LogP contribution in [-0.2, 0) is 28.5 Å². The van der Waals surface area contributed by atoms with Gasteiger partial charge in [-0.05, 0) is 39.8 Å². The van der Waals surface area contributed by atoms with Gasteiger partial charge in [0, 0.05) is 0 Å². The molecule has 7 nitrogen and oxygen atoms in total. The number of aliphatic hydroxyl groups is 1. The van der Waals surface area contributed by atoms with Crippen molar-refractivity contribution >= 4 is 5.78 Å². The maximum atomic E-state index is 12.1. The molecule has 1 N–H and O–H groups in total. The van der Waals surface area contributed by atoms with Gasteiger partial charge < -0.3 is 28.8 Å². The predicted octanol–water partition coefficient (Wildman–Crippen LogP) is 0.500. The van der Waals surface area contributed by atoms with Gasteiger partial charge in [0.25, 0.3) is 0 Å². The minimum absolute atomic E-state index is 0.264. The van der Waals surface area contributed by atoms with E-state index in [9.17, 15) is 9.90 Å². The number of ketones is 1. The highest BCUT2D eigenvalue weighted by molar-refractivity contribution is 5.94. The highest BCUT2D eigenvalue weighted by atomic mass is 16.8. The second kappa shape index (κ2) is 5.36. The highest BCUT2D eigenvalue weighted by Gasteiger charge is 2.54. The molecule has 0 unspecified atom stereocenters. The molecule has 3 rings (SSSR count). The molecule has 5 atom stereocenters. The average molecular weight is 314 g/mol. The summed E-state index contributed by atoms with van der Waals surface area (Å²) in [4.78, 5) is 12.1. The Hall–Kier alpha value is -0.830. The van der Waals surface area contributed by atoms with Gasteiger partial charge in [-0.25, -0.2) is 0 Å². The molecule has 2 saturated heterocycles. The Morgan fingerprint density at radius 1 is 1.09 bits per heavy atom. The molecule has 0 spiro atoms. The van der Waals surface area contributed by atoms with Crippen molar-refractivity contribution in [3.63, 3.8) is 0 Å². The first-order valence-corrected chi connectivity index (χ1v) is 7.40. The third-order valence-corrected chi connectivity index (χ3v) is 3.85. The zero-order chi connectivity index (χ0) is 16.1. The minimum atomic E-state index is -1.13. The van der Waals surface area contributed by atoms with Crippen molar-refractivity contribution in [3.8, 4) is 0 Å². The van der Waals surface area contributed by atoms with E-state index in [1.807, 2.05) is 13.8 Å². The van der Waals surface area contributed by atoms with Gasteiger partial charge in [-0.1, -0.05) is 0 Å². The summed E-state index contributed by atoms with van der Waals surface area (Å²) in [5.41, 5.74) is 0. The lowest BCUT2D eigenvalue weighted by molar-refractivity contribution is -0.185. The van der Waals surface area contributed by atoms with Crippen molar-refractivity contribution in [1.82, 2.24) is 0 Å². The van der Waals surface area contributed by atoms with Crippen molar-refractivity contribution in [2.45, 2.75) is 70.0 Å². The topological polar surface area (TPSA) is 83.5 Å². The Morgan fingerprint density at radius 2 is 1.77 bits per heavy atom. The van der Waals surface area contributed by atoms with E-state index in [0.717, 1.165) is 0 Å². The third kappa shape index (κ3) is 3.10. The molecule has 2 fully saturated rings. The Bertz CT molecular complexity index is 484. The van der Waals surface area contributed by atoms with E-state index in [4.69, 9.17) is 23.7 Å². The van der Waals surface area contributed by atoms with Crippen molar-refractivity contribution < 1.29 is 33.6 Å². The van der Waals surface area contributed by atoms with Crippen molar-refractivity contribution in [2.24, 2.45) is 0 Å². The van der Waals surface area contributed by atoms with E-state index in [2.05, 4.69) is 0 Å². The summed E-state index contributed by atoms with van der Waals surface area (Å²) in [6.07, 6.45) is -1.03. The summed E-state index contributed by atoms with van der Waals surface area (Å²) in [5.74, 6) is -1.84. The second-order valence-electron chi connectivity index (χ2n) is 6.64. The normalized spacial score (nSPS) is 43.7. The summed E-state index contributed by atoms with van der Waals surface area (Å²) >= 11 is 0. The molecule has 0 saturated carbocycles. The Kier molecular flexibility index (Phi) is 3.91. The molecule has 0 aromatic rings. The maximum Gasteiger partial charge on any atom is 0.187 e. The summed E-state index contributed by atoms with van der Waals surface area (Å²) in [6, 6.07) is 0. The first kappa shape index (κ1) is 16.0. The average Bonchev–Trinajstić information content (AvgIpc) is 2.92. The highest BCUT2D eigenvalue weighted by Crippen LogP contribution is 2.38.